The van der Waals surface area contributed by atoms with Gasteiger partial charge in [0.2, 0.25) is 5.91 Å². The second kappa shape index (κ2) is 7.67. The summed E-state index contributed by atoms with van der Waals surface area (Å²) in [6, 6.07) is 7.31. The molecule has 0 radical (unpaired) electrons. The van der Waals surface area contributed by atoms with E-state index >= 15 is 0 Å². The van der Waals surface area contributed by atoms with Crippen LogP contribution in [0, 0.1) is 6.92 Å². The largest absolute Gasteiger partial charge is 0.388 e. The molecule has 0 saturated heterocycles. The number of thioether (sulfide) groups is 1. The molecule has 1 amide bonds. The van der Waals surface area contributed by atoms with Gasteiger partial charge in [-0.25, -0.2) is 0 Å². The highest BCUT2D eigenvalue weighted by atomic mass is 32.2. The van der Waals surface area contributed by atoms with Crippen LogP contribution < -0.4 is 10.6 Å². The summed E-state index contributed by atoms with van der Waals surface area (Å²) in [6.07, 6.45) is 1.95. The van der Waals surface area contributed by atoms with Crippen molar-refractivity contribution >= 4 is 23.4 Å². The zero-order valence-corrected chi connectivity index (χ0v) is 13.4. The summed E-state index contributed by atoms with van der Waals surface area (Å²) in [5, 5.41) is 16.0. The number of nitrogens with one attached hydrogen (secondary N) is 2. The van der Waals surface area contributed by atoms with Gasteiger partial charge in [0.25, 0.3) is 0 Å². The van der Waals surface area contributed by atoms with Crippen molar-refractivity contribution in [1.29, 1.82) is 0 Å². The van der Waals surface area contributed by atoms with E-state index in [2.05, 4.69) is 10.6 Å². The van der Waals surface area contributed by atoms with Crippen LogP contribution in [-0.2, 0) is 4.79 Å². The number of anilines is 1. The van der Waals surface area contributed by atoms with E-state index in [1.54, 1.807) is 25.6 Å². The van der Waals surface area contributed by atoms with Gasteiger partial charge in [-0.3, -0.25) is 4.79 Å². The smallest absolute Gasteiger partial charge is 0.241 e. The molecule has 0 fully saturated rings. The van der Waals surface area contributed by atoms with Crippen LogP contribution in [0.5, 0.6) is 0 Å². The Morgan fingerprint density at radius 3 is 2.55 bits per heavy atom. The molecule has 112 valence electrons. The van der Waals surface area contributed by atoms with E-state index in [0.29, 0.717) is 12.3 Å². The van der Waals surface area contributed by atoms with Crippen LogP contribution in [0.2, 0.25) is 0 Å². The van der Waals surface area contributed by atoms with Gasteiger partial charge >= 0.3 is 0 Å². The molecule has 0 bridgehead atoms. The Balaban J connectivity index is 2.45. The molecule has 1 rings (SSSR count). The highest BCUT2D eigenvalue weighted by molar-refractivity contribution is 7.98. The summed E-state index contributed by atoms with van der Waals surface area (Å²) >= 11 is 1.58. The molecule has 0 heterocycles. The van der Waals surface area contributed by atoms with Crippen molar-refractivity contribution in [3.8, 4) is 0 Å². The zero-order valence-electron chi connectivity index (χ0n) is 12.6. The van der Waals surface area contributed by atoms with Crippen LogP contribution in [-0.4, -0.2) is 41.2 Å². The summed E-state index contributed by atoms with van der Waals surface area (Å²) < 4.78 is 0. The molecule has 2 atom stereocenters. The number of carbonyl (C=O) groups excluding carboxylic acids is 1. The highest BCUT2D eigenvalue weighted by Crippen LogP contribution is 2.11. The summed E-state index contributed by atoms with van der Waals surface area (Å²) in [5.41, 5.74) is 1.13. The maximum absolute atomic E-state index is 12.0. The minimum Gasteiger partial charge on any atom is -0.388 e. The predicted molar refractivity (Wildman–Crippen MR) is 86.3 cm³/mol. The van der Waals surface area contributed by atoms with Gasteiger partial charge in [-0.2, -0.15) is 11.8 Å². The van der Waals surface area contributed by atoms with Crippen LogP contribution in [0.4, 0.5) is 5.69 Å². The SMILES string of the molecule is CSCC(C)(O)CNC(C)C(=O)Nc1ccc(C)cc1. The first-order valence-corrected chi connectivity index (χ1v) is 8.06. The third-order valence-corrected chi connectivity index (χ3v) is 3.87. The lowest BCUT2D eigenvalue weighted by Crippen LogP contribution is -2.47. The third-order valence-electron chi connectivity index (χ3n) is 2.96. The number of hydrogen-bond acceptors (Lipinski definition) is 4. The first kappa shape index (κ1) is 17.0. The second-order valence-electron chi connectivity index (χ2n) is 5.39. The summed E-state index contributed by atoms with van der Waals surface area (Å²) in [5.74, 6) is 0.528. The van der Waals surface area contributed by atoms with Gasteiger partial charge in [0, 0.05) is 18.0 Å². The number of amides is 1. The minimum atomic E-state index is -0.808. The molecule has 0 aromatic heterocycles. The molecule has 3 N–H and O–H groups in total. The van der Waals surface area contributed by atoms with Crippen LogP contribution in [0.15, 0.2) is 24.3 Å². The first-order valence-electron chi connectivity index (χ1n) is 6.66. The van der Waals surface area contributed by atoms with Crippen LogP contribution in [0.25, 0.3) is 0 Å². The molecule has 5 heteroatoms. The first-order chi connectivity index (χ1) is 9.34. The molecule has 0 saturated carbocycles. The maximum atomic E-state index is 12.0. The molecule has 4 nitrogen and oxygen atoms in total. The number of carbonyl (C=O) groups is 1. The zero-order chi connectivity index (χ0) is 15.2. The maximum Gasteiger partial charge on any atom is 0.241 e. The molecule has 1 aromatic carbocycles. The normalized spacial score (nSPS) is 15.4. The lowest BCUT2D eigenvalue weighted by atomic mass is 10.1. The van der Waals surface area contributed by atoms with Gasteiger partial charge < -0.3 is 15.7 Å². The van der Waals surface area contributed by atoms with E-state index in [4.69, 9.17) is 0 Å². The van der Waals surface area contributed by atoms with E-state index in [1.165, 1.54) is 0 Å². The summed E-state index contributed by atoms with van der Waals surface area (Å²) in [6.45, 7) is 5.94. The van der Waals surface area contributed by atoms with Gasteiger partial charge in [0.15, 0.2) is 0 Å². The van der Waals surface area contributed by atoms with E-state index < -0.39 is 5.60 Å². The van der Waals surface area contributed by atoms with Crippen LogP contribution in [0.3, 0.4) is 0 Å². The van der Waals surface area contributed by atoms with E-state index in [-0.39, 0.29) is 11.9 Å². The number of aliphatic hydroxyl groups is 1. The number of hydrogen-bond donors (Lipinski definition) is 3. The van der Waals surface area contributed by atoms with E-state index in [0.717, 1.165) is 11.3 Å². The molecule has 2 unspecified atom stereocenters. The van der Waals surface area contributed by atoms with Gasteiger partial charge in [-0.05, 0) is 39.2 Å². The molecule has 0 aliphatic carbocycles. The fraction of sp³-hybridized carbons (Fsp3) is 0.533. The Kier molecular flexibility index (Phi) is 6.52. The molecular weight excluding hydrogens is 272 g/mol. The average Bonchev–Trinajstić information content (AvgIpc) is 2.38. The molecule has 0 aliphatic rings. The monoisotopic (exact) mass is 296 g/mol. The molecular formula is C15H24N2O2S. The highest BCUT2D eigenvalue weighted by Gasteiger charge is 2.22. The van der Waals surface area contributed by atoms with Crippen molar-refractivity contribution in [2.45, 2.75) is 32.4 Å². The van der Waals surface area contributed by atoms with Crippen molar-refractivity contribution in [3.63, 3.8) is 0 Å². The molecule has 1 aromatic rings. The Labute approximate surface area is 125 Å². The fourth-order valence-electron chi connectivity index (χ4n) is 1.72. The predicted octanol–water partition coefficient (Wildman–Crippen LogP) is 2.03. The Morgan fingerprint density at radius 1 is 1.40 bits per heavy atom. The van der Waals surface area contributed by atoms with Crippen molar-refractivity contribution in [2.75, 3.05) is 23.9 Å². The van der Waals surface area contributed by atoms with Crippen molar-refractivity contribution in [1.82, 2.24) is 5.32 Å². The molecule has 0 aliphatic heterocycles. The van der Waals surface area contributed by atoms with Gasteiger partial charge in [-0.15, -0.1) is 0 Å². The Hall–Kier alpha value is -1.04. The number of aryl methyl sites for hydroxylation is 1. The Bertz CT molecular complexity index is 432. The second-order valence-corrected chi connectivity index (χ2v) is 6.25. The van der Waals surface area contributed by atoms with Crippen LogP contribution >= 0.6 is 11.8 Å². The Morgan fingerprint density at radius 2 is 2.00 bits per heavy atom. The van der Waals surface area contributed by atoms with Gasteiger partial charge in [0.1, 0.15) is 0 Å². The fourth-order valence-corrected chi connectivity index (χ4v) is 2.44. The van der Waals surface area contributed by atoms with E-state index in [9.17, 15) is 9.90 Å². The molecule has 20 heavy (non-hydrogen) atoms. The minimum absolute atomic E-state index is 0.103. The van der Waals surface area contributed by atoms with Crippen LogP contribution in [0.1, 0.15) is 19.4 Å². The number of benzene rings is 1. The summed E-state index contributed by atoms with van der Waals surface area (Å²) in [7, 11) is 0. The molecule has 0 spiro atoms. The third kappa shape index (κ3) is 5.94. The van der Waals surface area contributed by atoms with Crippen molar-refractivity contribution in [2.24, 2.45) is 0 Å². The number of rotatable bonds is 7. The summed E-state index contributed by atoms with van der Waals surface area (Å²) in [4.78, 5) is 12.0. The van der Waals surface area contributed by atoms with Gasteiger partial charge in [-0.1, -0.05) is 17.7 Å². The van der Waals surface area contributed by atoms with E-state index in [1.807, 2.05) is 37.4 Å². The standard InChI is InChI=1S/C15H24N2O2S/c1-11-5-7-13(8-6-11)17-14(18)12(2)16-9-15(3,19)10-20-4/h5-8,12,16,19H,9-10H2,1-4H3,(H,17,18). The van der Waals surface area contributed by atoms with Crippen molar-refractivity contribution < 1.29 is 9.90 Å². The lowest BCUT2D eigenvalue weighted by Gasteiger charge is -2.24. The average molecular weight is 296 g/mol. The van der Waals surface area contributed by atoms with Gasteiger partial charge in [0.05, 0.1) is 11.6 Å². The topological polar surface area (TPSA) is 61.4 Å². The quantitative estimate of drug-likeness (QED) is 0.720. The van der Waals surface area contributed by atoms with Crippen molar-refractivity contribution in [3.05, 3.63) is 29.8 Å². The lowest BCUT2D eigenvalue weighted by molar-refractivity contribution is -0.117.